The van der Waals surface area contributed by atoms with E-state index in [9.17, 15) is 17.8 Å². The Bertz CT molecular complexity index is 462. The molecule has 1 unspecified atom stereocenters. The third kappa shape index (κ3) is 10.1. The molecule has 0 aliphatic heterocycles. The lowest BCUT2D eigenvalue weighted by atomic mass is 10.0. The van der Waals surface area contributed by atoms with Crippen molar-refractivity contribution in [3.8, 4) is 0 Å². The first-order valence-electron chi connectivity index (χ1n) is 9.18. The fourth-order valence-corrected chi connectivity index (χ4v) is 3.33. The van der Waals surface area contributed by atoms with Crippen LogP contribution in [-0.4, -0.2) is 23.7 Å². The predicted molar refractivity (Wildman–Crippen MR) is 99.4 cm³/mol. The number of nitrogens with one attached hydrogen (secondary N) is 1. The molecule has 0 fully saturated rings. The van der Waals surface area contributed by atoms with E-state index in [2.05, 4.69) is 18.8 Å². The van der Waals surface area contributed by atoms with Crippen LogP contribution in [0.2, 0.25) is 0 Å². The van der Waals surface area contributed by atoms with Crippen LogP contribution in [0.1, 0.15) is 90.9 Å². The standard InChI is InChI=1S/C18H35NO4S/c1-4-6-7-8-9-10-11-12-13-14-15-16-18(3,24(21,22)23)19-17(20)5-2/h5H,2,4,6-16H2,1,3H3,(H,19,20)(H,21,22,23). The van der Waals surface area contributed by atoms with Crippen molar-refractivity contribution in [2.45, 2.75) is 95.8 Å². The second-order valence-corrected chi connectivity index (χ2v) is 8.54. The number of hydrogen-bond donors (Lipinski definition) is 2. The van der Waals surface area contributed by atoms with Crippen molar-refractivity contribution in [1.29, 1.82) is 0 Å². The summed E-state index contributed by atoms with van der Waals surface area (Å²) in [7, 11) is -4.36. The average Bonchev–Trinajstić information content (AvgIpc) is 2.51. The molecule has 142 valence electrons. The summed E-state index contributed by atoms with van der Waals surface area (Å²) in [6.07, 6.45) is 14.0. The van der Waals surface area contributed by atoms with Crippen LogP contribution in [-0.2, 0) is 14.9 Å². The van der Waals surface area contributed by atoms with Crippen LogP contribution in [0.5, 0.6) is 0 Å². The Balaban J connectivity index is 3.90. The highest BCUT2D eigenvalue weighted by molar-refractivity contribution is 7.87. The number of carbonyl (C=O) groups is 1. The van der Waals surface area contributed by atoms with Gasteiger partial charge in [-0.1, -0.05) is 77.7 Å². The van der Waals surface area contributed by atoms with Gasteiger partial charge in [-0.3, -0.25) is 9.35 Å². The smallest absolute Gasteiger partial charge is 0.288 e. The SMILES string of the molecule is C=CC(=O)NC(C)(CCCCCCCCCCCCC)S(=O)(=O)O. The highest BCUT2D eigenvalue weighted by atomic mass is 32.2. The first kappa shape index (κ1) is 23.1. The van der Waals surface area contributed by atoms with E-state index in [1.54, 1.807) is 0 Å². The van der Waals surface area contributed by atoms with Crippen molar-refractivity contribution in [3.63, 3.8) is 0 Å². The first-order chi connectivity index (χ1) is 11.3. The zero-order valence-corrected chi connectivity index (χ0v) is 16.2. The molecule has 2 N–H and O–H groups in total. The largest absolute Gasteiger partial charge is 0.332 e. The highest BCUT2D eigenvalue weighted by Gasteiger charge is 2.38. The number of rotatable bonds is 15. The molecule has 0 spiro atoms. The molecule has 0 saturated heterocycles. The first-order valence-corrected chi connectivity index (χ1v) is 10.6. The van der Waals surface area contributed by atoms with E-state index in [-0.39, 0.29) is 6.42 Å². The van der Waals surface area contributed by atoms with E-state index in [4.69, 9.17) is 0 Å². The van der Waals surface area contributed by atoms with Gasteiger partial charge in [-0.15, -0.1) is 0 Å². The Morgan fingerprint density at radius 3 is 1.79 bits per heavy atom. The van der Waals surface area contributed by atoms with Gasteiger partial charge in [-0.05, 0) is 25.8 Å². The van der Waals surface area contributed by atoms with E-state index in [0.29, 0.717) is 6.42 Å². The quantitative estimate of drug-likeness (QED) is 0.254. The molecule has 6 heteroatoms. The van der Waals surface area contributed by atoms with Crippen LogP contribution >= 0.6 is 0 Å². The Hall–Kier alpha value is -0.880. The maximum absolute atomic E-state index is 11.5. The zero-order valence-electron chi connectivity index (χ0n) is 15.3. The average molecular weight is 362 g/mol. The minimum Gasteiger partial charge on any atom is -0.332 e. The molecule has 1 amide bonds. The molecular weight excluding hydrogens is 326 g/mol. The summed E-state index contributed by atoms with van der Waals surface area (Å²) in [4.78, 5) is 9.73. The summed E-state index contributed by atoms with van der Waals surface area (Å²) in [6, 6.07) is 0. The monoisotopic (exact) mass is 361 g/mol. The van der Waals surface area contributed by atoms with Gasteiger partial charge in [0, 0.05) is 0 Å². The van der Waals surface area contributed by atoms with Crippen molar-refractivity contribution in [1.82, 2.24) is 5.32 Å². The molecule has 24 heavy (non-hydrogen) atoms. The fourth-order valence-electron chi connectivity index (χ4n) is 2.69. The summed E-state index contributed by atoms with van der Waals surface area (Å²) in [5, 5.41) is 2.32. The molecule has 0 aliphatic rings. The number of hydrogen-bond acceptors (Lipinski definition) is 3. The predicted octanol–water partition coefficient (Wildman–Crippen LogP) is 4.59. The van der Waals surface area contributed by atoms with Crippen LogP contribution in [0.15, 0.2) is 12.7 Å². The summed E-state index contributed by atoms with van der Waals surface area (Å²) < 4.78 is 32.4. The van der Waals surface area contributed by atoms with E-state index < -0.39 is 20.9 Å². The van der Waals surface area contributed by atoms with Crippen molar-refractivity contribution in [3.05, 3.63) is 12.7 Å². The van der Waals surface area contributed by atoms with Crippen LogP contribution in [0, 0.1) is 0 Å². The van der Waals surface area contributed by atoms with Crippen LogP contribution < -0.4 is 5.32 Å². The van der Waals surface area contributed by atoms with Gasteiger partial charge in [-0.25, -0.2) is 0 Å². The van der Waals surface area contributed by atoms with Gasteiger partial charge in [0.1, 0.15) is 0 Å². The summed E-state index contributed by atoms with van der Waals surface area (Å²) in [5.74, 6) is -0.599. The second kappa shape index (κ2) is 12.5. The molecule has 0 heterocycles. The number of amides is 1. The molecule has 0 aromatic heterocycles. The van der Waals surface area contributed by atoms with E-state index in [1.807, 2.05) is 0 Å². The summed E-state index contributed by atoms with van der Waals surface area (Å²) in [5.41, 5.74) is 0. The van der Waals surface area contributed by atoms with Crippen LogP contribution in [0.3, 0.4) is 0 Å². The Kier molecular flexibility index (Phi) is 12.0. The lowest BCUT2D eigenvalue weighted by Crippen LogP contribution is -2.51. The molecular formula is C18H35NO4S. The van der Waals surface area contributed by atoms with Gasteiger partial charge in [0.25, 0.3) is 10.1 Å². The van der Waals surface area contributed by atoms with Crippen molar-refractivity contribution in [2.24, 2.45) is 0 Å². The number of carbonyl (C=O) groups excluding carboxylic acids is 1. The lowest BCUT2D eigenvalue weighted by molar-refractivity contribution is -0.117. The molecule has 1 atom stereocenters. The fraction of sp³-hybridized carbons (Fsp3) is 0.833. The van der Waals surface area contributed by atoms with Crippen LogP contribution in [0.25, 0.3) is 0 Å². The van der Waals surface area contributed by atoms with Crippen LogP contribution in [0.4, 0.5) is 0 Å². The van der Waals surface area contributed by atoms with Crippen molar-refractivity contribution >= 4 is 16.0 Å². The van der Waals surface area contributed by atoms with Gasteiger partial charge < -0.3 is 5.32 Å². The molecule has 0 aromatic carbocycles. The summed E-state index contributed by atoms with van der Waals surface area (Å²) >= 11 is 0. The van der Waals surface area contributed by atoms with Gasteiger partial charge in [0.05, 0.1) is 0 Å². The van der Waals surface area contributed by atoms with Crippen molar-refractivity contribution < 1.29 is 17.8 Å². The maximum Gasteiger partial charge on any atom is 0.288 e. The van der Waals surface area contributed by atoms with Gasteiger partial charge >= 0.3 is 0 Å². The normalized spacial score (nSPS) is 14.1. The molecule has 0 saturated carbocycles. The molecule has 0 aromatic rings. The Labute approximate surface area is 148 Å². The second-order valence-electron chi connectivity index (χ2n) is 6.68. The van der Waals surface area contributed by atoms with Gasteiger partial charge in [0.15, 0.2) is 4.87 Å². The third-order valence-electron chi connectivity index (χ3n) is 4.40. The minimum absolute atomic E-state index is 0.197. The van der Waals surface area contributed by atoms with Crippen molar-refractivity contribution in [2.75, 3.05) is 0 Å². The molecule has 0 radical (unpaired) electrons. The molecule has 0 rings (SSSR count). The zero-order chi connectivity index (χ0) is 18.5. The third-order valence-corrected chi connectivity index (χ3v) is 5.84. The Morgan fingerprint density at radius 1 is 1.00 bits per heavy atom. The molecule has 5 nitrogen and oxygen atoms in total. The highest BCUT2D eigenvalue weighted by Crippen LogP contribution is 2.21. The Morgan fingerprint density at radius 2 is 1.42 bits per heavy atom. The van der Waals surface area contributed by atoms with Gasteiger partial charge in [-0.2, -0.15) is 8.42 Å². The van der Waals surface area contributed by atoms with Gasteiger partial charge in [0.2, 0.25) is 5.91 Å². The minimum atomic E-state index is -4.36. The molecule has 0 aliphatic carbocycles. The lowest BCUT2D eigenvalue weighted by Gasteiger charge is -2.27. The molecule has 0 bridgehead atoms. The van der Waals surface area contributed by atoms with E-state index in [1.165, 1.54) is 51.9 Å². The summed E-state index contributed by atoms with van der Waals surface area (Å²) in [6.45, 7) is 6.85. The topological polar surface area (TPSA) is 83.5 Å². The van der Waals surface area contributed by atoms with E-state index >= 15 is 0 Å². The number of unbranched alkanes of at least 4 members (excludes halogenated alkanes) is 10. The maximum atomic E-state index is 11.5. The van der Waals surface area contributed by atoms with E-state index in [0.717, 1.165) is 25.3 Å².